The predicted octanol–water partition coefficient (Wildman–Crippen LogP) is 5.41. The van der Waals surface area contributed by atoms with Crippen molar-refractivity contribution in [2.24, 2.45) is 0 Å². The molecule has 0 aliphatic rings. The van der Waals surface area contributed by atoms with Gasteiger partial charge >= 0.3 is 0 Å². The van der Waals surface area contributed by atoms with Gasteiger partial charge in [0, 0.05) is 0 Å². The molecule has 0 aromatic heterocycles. The zero-order valence-electron chi connectivity index (χ0n) is 16.0. The Hall–Kier alpha value is -2.99. The van der Waals surface area contributed by atoms with Gasteiger partial charge in [-0.3, -0.25) is 4.72 Å². The molecule has 6 heteroatoms. The fraction of sp³-hybridized carbons (Fsp3) is 0.182. The molecular weight excluding hydrogens is 374 g/mol. The Morgan fingerprint density at radius 2 is 1.54 bits per heavy atom. The van der Waals surface area contributed by atoms with Crippen LogP contribution in [0, 0.1) is 0 Å². The molecule has 146 valence electrons. The van der Waals surface area contributed by atoms with Crippen LogP contribution in [0.15, 0.2) is 77.7 Å². The number of hydrogen-bond donors (Lipinski definition) is 1. The topological polar surface area (TPSA) is 64.6 Å². The third-order valence-electron chi connectivity index (χ3n) is 4.25. The van der Waals surface area contributed by atoms with E-state index in [9.17, 15) is 8.42 Å². The fourth-order valence-corrected chi connectivity index (χ4v) is 3.99. The average Bonchev–Trinajstić information content (AvgIpc) is 2.69. The molecule has 5 nitrogen and oxygen atoms in total. The Bertz CT molecular complexity index is 1050. The molecule has 0 aliphatic heterocycles. The molecule has 0 unspecified atom stereocenters. The van der Waals surface area contributed by atoms with Gasteiger partial charge in [0.05, 0.1) is 12.8 Å². The van der Waals surface area contributed by atoms with Crippen LogP contribution in [0.25, 0.3) is 0 Å². The van der Waals surface area contributed by atoms with Gasteiger partial charge in [0.25, 0.3) is 10.0 Å². The van der Waals surface area contributed by atoms with Crippen molar-refractivity contribution in [3.63, 3.8) is 0 Å². The maximum Gasteiger partial charge on any atom is 0.265 e. The summed E-state index contributed by atoms with van der Waals surface area (Å²) in [6, 6.07) is 21.3. The number of benzene rings is 3. The van der Waals surface area contributed by atoms with Crippen molar-refractivity contribution in [1.29, 1.82) is 0 Å². The standard InChI is InChI=1S/C22H23NO4S/c1-16(2)17-13-14-21(26-3)22(15-17)28(24,25)23-19-11-7-8-12-20(19)27-18-9-5-4-6-10-18/h4-16,23H,1-3H3. The van der Waals surface area contributed by atoms with Crippen molar-refractivity contribution < 1.29 is 17.9 Å². The summed E-state index contributed by atoms with van der Waals surface area (Å²) in [6.07, 6.45) is 0. The minimum absolute atomic E-state index is 0.0933. The second kappa shape index (κ2) is 8.35. The highest BCUT2D eigenvalue weighted by Gasteiger charge is 2.22. The molecule has 3 aromatic rings. The lowest BCUT2D eigenvalue weighted by molar-refractivity contribution is 0.402. The summed E-state index contributed by atoms with van der Waals surface area (Å²) in [5, 5.41) is 0. The second-order valence-corrected chi connectivity index (χ2v) is 8.23. The first-order chi connectivity index (χ1) is 13.4. The van der Waals surface area contributed by atoms with Gasteiger partial charge in [-0.25, -0.2) is 8.42 Å². The van der Waals surface area contributed by atoms with Crippen molar-refractivity contribution in [3.8, 4) is 17.2 Å². The summed E-state index contributed by atoms with van der Waals surface area (Å²) >= 11 is 0. The van der Waals surface area contributed by atoms with E-state index in [-0.39, 0.29) is 10.8 Å². The van der Waals surface area contributed by atoms with E-state index < -0.39 is 10.0 Å². The van der Waals surface area contributed by atoms with E-state index in [2.05, 4.69) is 4.72 Å². The first-order valence-electron chi connectivity index (χ1n) is 8.93. The van der Waals surface area contributed by atoms with Gasteiger partial charge < -0.3 is 9.47 Å². The van der Waals surface area contributed by atoms with Gasteiger partial charge in [-0.15, -0.1) is 0 Å². The summed E-state index contributed by atoms with van der Waals surface area (Å²) in [7, 11) is -2.43. The monoisotopic (exact) mass is 397 g/mol. The van der Waals surface area contributed by atoms with E-state index >= 15 is 0 Å². The Morgan fingerprint density at radius 3 is 2.21 bits per heavy atom. The van der Waals surface area contributed by atoms with Crippen LogP contribution in [-0.2, 0) is 10.0 Å². The molecule has 28 heavy (non-hydrogen) atoms. The minimum Gasteiger partial charge on any atom is -0.495 e. The van der Waals surface area contributed by atoms with Crippen LogP contribution in [0.1, 0.15) is 25.3 Å². The lowest BCUT2D eigenvalue weighted by Crippen LogP contribution is -2.15. The fourth-order valence-electron chi connectivity index (χ4n) is 2.72. The lowest BCUT2D eigenvalue weighted by atomic mass is 10.0. The Balaban J connectivity index is 1.97. The zero-order valence-corrected chi connectivity index (χ0v) is 16.9. The summed E-state index contributed by atoms with van der Waals surface area (Å²) in [6.45, 7) is 4.02. The maximum atomic E-state index is 13.1. The average molecular weight is 397 g/mol. The van der Waals surface area contributed by atoms with Gasteiger partial charge in [-0.1, -0.05) is 50.2 Å². The molecule has 0 bridgehead atoms. The molecule has 0 spiro atoms. The first kappa shape index (κ1) is 19.8. The van der Waals surface area contributed by atoms with Crippen molar-refractivity contribution in [3.05, 3.63) is 78.4 Å². The molecule has 0 saturated carbocycles. The molecular formula is C22H23NO4S. The lowest BCUT2D eigenvalue weighted by Gasteiger charge is -2.16. The highest BCUT2D eigenvalue weighted by atomic mass is 32.2. The SMILES string of the molecule is COc1ccc(C(C)C)cc1S(=O)(=O)Nc1ccccc1Oc1ccccc1. The van der Waals surface area contributed by atoms with Crippen molar-refractivity contribution in [2.75, 3.05) is 11.8 Å². The molecule has 0 radical (unpaired) electrons. The third kappa shape index (κ3) is 4.46. The highest BCUT2D eigenvalue weighted by molar-refractivity contribution is 7.92. The third-order valence-corrected chi connectivity index (χ3v) is 5.63. The van der Waals surface area contributed by atoms with Crippen LogP contribution in [0.5, 0.6) is 17.2 Å². The zero-order chi connectivity index (χ0) is 20.1. The van der Waals surface area contributed by atoms with Gasteiger partial charge in [-0.2, -0.15) is 0 Å². The number of methoxy groups -OCH3 is 1. The smallest absolute Gasteiger partial charge is 0.265 e. The molecule has 0 heterocycles. The highest BCUT2D eigenvalue weighted by Crippen LogP contribution is 2.33. The van der Waals surface area contributed by atoms with Gasteiger partial charge in [0.2, 0.25) is 0 Å². The summed E-state index contributed by atoms with van der Waals surface area (Å²) < 4.78 is 40.0. The van der Waals surface area contributed by atoms with E-state index in [0.29, 0.717) is 22.9 Å². The van der Waals surface area contributed by atoms with Crippen molar-refractivity contribution in [2.45, 2.75) is 24.7 Å². The van der Waals surface area contributed by atoms with Gasteiger partial charge in [-0.05, 0) is 47.9 Å². The summed E-state index contributed by atoms with van der Waals surface area (Å²) in [4.78, 5) is 0.0933. The number of nitrogens with one attached hydrogen (secondary N) is 1. The first-order valence-corrected chi connectivity index (χ1v) is 10.4. The van der Waals surface area contributed by atoms with E-state index in [4.69, 9.17) is 9.47 Å². The van der Waals surface area contributed by atoms with Crippen LogP contribution >= 0.6 is 0 Å². The molecule has 0 amide bonds. The number of anilines is 1. The number of sulfonamides is 1. The number of ether oxygens (including phenoxy) is 2. The van der Waals surface area contributed by atoms with Crippen molar-refractivity contribution in [1.82, 2.24) is 0 Å². The van der Waals surface area contributed by atoms with Gasteiger partial charge in [0.15, 0.2) is 5.75 Å². The van der Waals surface area contributed by atoms with Crippen LogP contribution in [0.3, 0.4) is 0 Å². The minimum atomic E-state index is -3.88. The normalized spacial score (nSPS) is 11.3. The number of rotatable bonds is 7. The molecule has 3 aromatic carbocycles. The van der Waals surface area contributed by atoms with E-state index in [0.717, 1.165) is 5.56 Å². The predicted molar refractivity (Wildman–Crippen MR) is 111 cm³/mol. The molecule has 0 atom stereocenters. The summed E-state index contributed by atoms with van der Waals surface area (Å²) in [5.74, 6) is 1.51. The number of hydrogen-bond acceptors (Lipinski definition) is 4. The molecule has 1 N–H and O–H groups in total. The quantitative estimate of drug-likeness (QED) is 0.579. The van der Waals surface area contributed by atoms with Gasteiger partial charge in [0.1, 0.15) is 16.4 Å². The van der Waals surface area contributed by atoms with Crippen LogP contribution in [-0.4, -0.2) is 15.5 Å². The van der Waals surface area contributed by atoms with E-state index in [1.54, 1.807) is 48.5 Å². The molecule has 3 rings (SSSR count). The molecule has 0 aliphatic carbocycles. The Kier molecular flexibility index (Phi) is 5.90. The van der Waals surface area contributed by atoms with Crippen LogP contribution < -0.4 is 14.2 Å². The molecule has 0 fully saturated rings. The largest absolute Gasteiger partial charge is 0.495 e. The van der Waals surface area contributed by atoms with Crippen molar-refractivity contribution >= 4 is 15.7 Å². The second-order valence-electron chi connectivity index (χ2n) is 6.58. The van der Waals surface area contributed by atoms with Crippen LogP contribution in [0.4, 0.5) is 5.69 Å². The Morgan fingerprint density at radius 1 is 0.857 bits per heavy atom. The summed E-state index contributed by atoms with van der Waals surface area (Å²) in [5.41, 5.74) is 1.26. The molecule has 0 saturated heterocycles. The Labute approximate surface area is 166 Å². The van der Waals surface area contributed by atoms with E-state index in [1.807, 2.05) is 38.1 Å². The number of para-hydroxylation sites is 3. The maximum absolute atomic E-state index is 13.1. The van der Waals surface area contributed by atoms with E-state index in [1.165, 1.54) is 7.11 Å². The van der Waals surface area contributed by atoms with Crippen LogP contribution in [0.2, 0.25) is 0 Å².